The molecule has 2 aromatic carbocycles. The van der Waals surface area contributed by atoms with E-state index in [1.165, 1.54) is 12.1 Å². The van der Waals surface area contributed by atoms with Gasteiger partial charge in [-0.1, -0.05) is 50.2 Å². The minimum absolute atomic E-state index is 0.0641. The maximum absolute atomic E-state index is 14.4. The number of nitrogens with one attached hydrogen (secondary N) is 1. The number of hydrogen-bond acceptors (Lipinski definition) is 5. The Labute approximate surface area is 212 Å². The molecule has 0 aliphatic carbocycles. The number of hydrogen-bond donors (Lipinski definition) is 1. The number of nitriles is 1. The van der Waals surface area contributed by atoms with Crippen LogP contribution in [-0.2, 0) is 14.3 Å². The number of nitrogens with zero attached hydrogens (tertiary/aromatic N) is 2. The predicted molar refractivity (Wildman–Crippen MR) is 127 cm³/mol. The second-order valence-corrected chi connectivity index (χ2v) is 9.83. The Morgan fingerprint density at radius 3 is 2.27 bits per heavy atom. The zero-order valence-corrected chi connectivity index (χ0v) is 20.3. The molecule has 0 radical (unpaired) electrons. The lowest BCUT2D eigenvalue weighted by Crippen LogP contribution is -2.53. The Balaban J connectivity index is 1.59. The van der Waals surface area contributed by atoms with Crippen LogP contribution >= 0.6 is 0 Å². The standard InChI is InChI=1S/C27H27F4N3O3/c1-15(2)11-21(26(36)34-13-20(28)24-23(34)22(35)14-37-24)33-25(27(29,30)31)19-9-7-18(8-10-19)17-5-3-16(12-32)4-6-17/h3-10,15,20-21,23-25,33H,11,13-14H2,1-2H3/t20-,21-,23+,24+,25-/m0/s1. The van der Waals surface area contributed by atoms with Gasteiger partial charge in [0.1, 0.15) is 31.0 Å². The summed E-state index contributed by atoms with van der Waals surface area (Å²) < 4.78 is 62.3. The molecule has 2 aromatic rings. The lowest BCUT2D eigenvalue weighted by atomic mass is 9.97. The lowest BCUT2D eigenvalue weighted by molar-refractivity contribution is -0.163. The third kappa shape index (κ3) is 5.68. The first-order valence-corrected chi connectivity index (χ1v) is 12.0. The number of alkyl halides is 4. The highest BCUT2D eigenvalue weighted by Gasteiger charge is 2.54. The molecule has 2 saturated heterocycles. The lowest BCUT2D eigenvalue weighted by Gasteiger charge is -2.32. The van der Waals surface area contributed by atoms with Crippen molar-refractivity contribution in [2.45, 2.75) is 56.8 Å². The number of ketones is 1. The van der Waals surface area contributed by atoms with Crippen molar-refractivity contribution in [1.82, 2.24) is 10.2 Å². The number of amides is 1. The van der Waals surface area contributed by atoms with Gasteiger partial charge in [-0.25, -0.2) is 4.39 Å². The van der Waals surface area contributed by atoms with Crippen LogP contribution in [0.25, 0.3) is 11.1 Å². The van der Waals surface area contributed by atoms with Crippen molar-refractivity contribution in [3.05, 3.63) is 59.7 Å². The van der Waals surface area contributed by atoms with Crippen molar-refractivity contribution in [3.63, 3.8) is 0 Å². The van der Waals surface area contributed by atoms with E-state index in [1.54, 1.807) is 50.2 Å². The molecule has 10 heteroatoms. The summed E-state index contributed by atoms with van der Waals surface area (Å²) in [6.45, 7) is 2.82. The second kappa shape index (κ2) is 10.6. The van der Waals surface area contributed by atoms with E-state index in [-0.39, 0.29) is 24.5 Å². The zero-order chi connectivity index (χ0) is 26.9. The van der Waals surface area contributed by atoms with E-state index < -0.39 is 54.8 Å². The molecule has 5 atom stereocenters. The molecule has 2 heterocycles. The third-order valence-electron chi connectivity index (χ3n) is 6.70. The van der Waals surface area contributed by atoms with Crippen LogP contribution in [0.2, 0.25) is 0 Å². The van der Waals surface area contributed by atoms with Crippen molar-refractivity contribution in [2.24, 2.45) is 5.92 Å². The van der Waals surface area contributed by atoms with Crippen LogP contribution in [0, 0.1) is 17.2 Å². The van der Waals surface area contributed by atoms with Crippen LogP contribution in [-0.4, -0.2) is 60.3 Å². The maximum atomic E-state index is 14.4. The summed E-state index contributed by atoms with van der Waals surface area (Å²) >= 11 is 0. The number of rotatable bonds is 7. The number of likely N-dealkylation sites (tertiary alicyclic amines) is 1. The molecule has 0 aromatic heterocycles. The van der Waals surface area contributed by atoms with Gasteiger partial charge < -0.3 is 9.64 Å². The Morgan fingerprint density at radius 2 is 1.73 bits per heavy atom. The van der Waals surface area contributed by atoms with Gasteiger partial charge in [-0.15, -0.1) is 0 Å². The van der Waals surface area contributed by atoms with Crippen LogP contribution in [0.3, 0.4) is 0 Å². The SMILES string of the molecule is CC(C)C[C@H](N[C@@H](c1ccc(-c2ccc(C#N)cc2)cc1)C(F)(F)F)C(=O)N1C[C@H](F)[C@H]2OCC(=O)[C@H]21. The Hall–Kier alpha value is -3.29. The molecule has 1 amide bonds. The van der Waals surface area contributed by atoms with E-state index in [4.69, 9.17) is 10.00 Å². The van der Waals surface area contributed by atoms with Crippen LogP contribution in [0.4, 0.5) is 17.6 Å². The topological polar surface area (TPSA) is 82.4 Å². The fourth-order valence-electron chi connectivity index (χ4n) is 4.92. The summed E-state index contributed by atoms with van der Waals surface area (Å²) in [6.07, 6.45) is -7.32. The first kappa shape index (κ1) is 26.8. The molecule has 2 aliphatic rings. The molecule has 2 aliphatic heterocycles. The van der Waals surface area contributed by atoms with Crippen LogP contribution in [0.15, 0.2) is 48.5 Å². The van der Waals surface area contributed by atoms with E-state index in [0.717, 1.165) is 10.5 Å². The number of benzene rings is 2. The molecule has 6 nitrogen and oxygen atoms in total. The molecule has 1 N–H and O–H groups in total. The highest BCUT2D eigenvalue weighted by atomic mass is 19.4. The molecule has 0 spiro atoms. The largest absolute Gasteiger partial charge is 0.407 e. The number of Topliss-reactive ketones (excluding diaryl/α,β-unsaturated/α-hetero) is 1. The fourth-order valence-corrected chi connectivity index (χ4v) is 4.92. The number of fused-ring (bicyclic) bond motifs is 1. The molecule has 4 rings (SSSR count). The molecule has 0 bridgehead atoms. The smallest absolute Gasteiger partial charge is 0.365 e. The van der Waals surface area contributed by atoms with Gasteiger partial charge in [0.15, 0.2) is 5.78 Å². The van der Waals surface area contributed by atoms with Gasteiger partial charge in [0.25, 0.3) is 0 Å². The van der Waals surface area contributed by atoms with Gasteiger partial charge in [0.2, 0.25) is 5.91 Å². The third-order valence-corrected chi connectivity index (χ3v) is 6.70. The van der Waals surface area contributed by atoms with Gasteiger partial charge in [0.05, 0.1) is 24.2 Å². The number of carbonyl (C=O) groups is 2. The zero-order valence-electron chi connectivity index (χ0n) is 20.3. The van der Waals surface area contributed by atoms with Crippen LogP contribution < -0.4 is 5.32 Å². The Bertz CT molecular complexity index is 1180. The van der Waals surface area contributed by atoms with E-state index >= 15 is 0 Å². The van der Waals surface area contributed by atoms with Crippen molar-refractivity contribution < 1.29 is 31.9 Å². The summed E-state index contributed by atoms with van der Waals surface area (Å²) in [5.74, 6) is -1.34. The van der Waals surface area contributed by atoms with Gasteiger partial charge in [0, 0.05) is 0 Å². The van der Waals surface area contributed by atoms with Gasteiger partial charge in [-0.05, 0) is 41.2 Å². The minimum Gasteiger partial charge on any atom is -0.365 e. The van der Waals surface area contributed by atoms with Crippen molar-refractivity contribution >= 4 is 11.7 Å². The first-order chi connectivity index (χ1) is 17.5. The highest BCUT2D eigenvalue weighted by Crippen LogP contribution is 2.36. The van der Waals surface area contributed by atoms with Crippen molar-refractivity contribution in [3.8, 4) is 17.2 Å². The normalized spacial score (nSPS) is 23.1. The van der Waals surface area contributed by atoms with Crippen LogP contribution in [0.1, 0.15) is 37.4 Å². The molecule has 37 heavy (non-hydrogen) atoms. The van der Waals surface area contributed by atoms with Gasteiger partial charge >= 0.3 is 6.18 Å². The summed E-state index contributed by atoms with van der Waals surface area (Å²) in [6, 6.07) is 9.88. The number of ether oxygens (including phenoxy) is 1. The minimum atomic E-state index is -4.73. The molecular formula is C27H27F4N3O3. The first-order valence-electron chi connectivity index (χ1n) is 12.0. The van der Waals surface area contributed by atoms with E-state index in [2.05, 4.69) is 5.32 Å². The number of halogens is 4. The van der Waals surface area contributed by atoms with Crippen LogP contribution in [0.5, 0.6) is 0 Å². The predicted octanol–water partition coefficient (Wildman–Crippen LogP) is 4.35. The maximum Gasteiger partial charge on any atom is 0.407 e. The molecule has 0 unspecified atom stereocenters. The number of carbonyl (C=O) groups excluding carboxylic acids is 2. The average Bonchev–Trinajstić information content (AvgIpc) is 3.40. The fraction of sp³-hybridized carbons (Fsp3) is 0.444. The van der Waals surface area contributed by atoms with Crippen molar-refractivity contribution in [1.29, 1.82) is 5.26 Å². The van der Waals surface area contributed by atoms with Gasteiger partial charge in [-0.2, -0.15) is 18.4 Å². The molecular weight excluding hydrogens is 490 g/mol. The summed E-state index contributed by atoms with van der Waals surface area (Å²) in [5.41, 5.74) is 1.79. The highest BCUT2D eigenvalue weighted by molar-refractivity contribution is 5.94. The quantitative estimate of drug-likeness (QED) is 0.553. The molecule has 0 saturated carbocycles. The Morgan fingerprint density at radius 1 is 1.14 bits per heavy atom. The van der Waals surface area contributed by atoms with Gasteiger partial charge in [-0.3, -0.25) is 14.9 Å². The summed E-state index contributed by atoms with van der Waals surface area (Å²) in [7, 11) is 0. The summed E-state index contributed by atoms with van der Waals surface area (Å²) in [5, 5.41) is 11.4. The van der Waals surface area contributed by atoms with E-state index in [0.29, 0.717) is 11.1 Å². The molecule has 2 fully saturated rings. The Kier molecular flexibility index (Phi) is 7.67. The molecule has 196 valence electrons. The second-order valence-electron chi connectivity index (χ2n) is 9.83. The monoisotopic (exact) mass is 517 g/mol. The van der Waals surface area contributed by atoms with E-state index in [1.807, 2.05) is 6.07 Å². The van der Waals surface area contributed by atoms with E-state index in [9.17, 15) is 27.2 Å². The van der Waals surface area contributed by atoms with Crippen molar-refractivity contribution in [2.75, 3.05) is 13.2 Å². The average molecular weight is 518 g/mol. The summed E-state index contributed by atoms with van der Waals surface area (Å²) in [4.78, 5) is 26.7.